The minimum atomic E-state index is -5.08. The van der Waals surface area contributed by atoms with E-state index in [4.69, 9.17) is 24.6 Å². The number of aliphatic carboxylic acids is 1. The largest absolute Gasteiger partial charge is 0.508 e. The first-order valence-electron chi connectivity index (χ1n) is 13.6. The highest BCUT2D eigenvalue weighted by atomic mass is 19.4. The van der Waals surface area contributed by atoms with Crippen LogP contribution >= 0.6 is 0 Å². The number of benzene rings is 1. The van der Waals surface area contributed by atoms with E-state index < -0.39 is 12.1 Å². The van der Waals surface area contributed by atoms with E-state index in [9.17, 15) is 23.4 Å². The van der Waals surface area contributed by atoms with Gasteiger partial charge < -0.3 is 34.8 Å². The Hall–Kier alpha value is -4.17. The molecule has 3 aliphatic rings. The molecule has 3 aliphatic heterocycles. The second-order valence-electron chi connectivity index (χ2n) is 10.1. The Morgan fingerprint density at radius 3 is 2.52 bits per heavy atom. The van der Waals surface area contributed by atoms with Gasteiger partial charge >= 0.3 is 12.1 Å². The van der Waals surface area contributed by atoms with E-state index in [1.165, 1.54) is 0 Å². The fourth-order valence-electron chi connectivity index (χ4n) is 5.35. The highest BCUT2D eigenvalue weighted by molar-refractivity contribution is 5.78. The topological polar surface area (TPSA) is 135 Å². The number of nitrogens with zero attached hydrogens (tertiary/aromatic N) is 6. The predicted molar refractivity (Wildman–Crippen MR) is 148 cm³/mol. The maximum absolute atomic E-state index is 10.6. The summed E-state index contributed by atoms with van der Waals surface area (Å²) >= 11 is 0. The highest BCUT2D eigenvalue weighted by Crippen LogP contribution is 2.40. The smallest absolute Gasteiger partial charge is 0.490 e. The molecule has 2 saturated heterocycles. The molecule has 3 aromatic rings. The number of aliphatic hydroxyl groups excluding tert-OH is 1. The van der Waals surface area contributed by atoms with Crippen LogP contribution in [0.1, 0.15) is 18.4 Å². The lowest BCUT2D eigenvalue weighted by Gasteiger charge is -2.29. The summed E-state index contributed by atoms with van der Waals surface area (Å²) < 4.78 is 37.3. The lowest BCUT2D eigenvalue weighted by atomic mass is 10.1. The number of carboxylic acids is 1. The number of halogens is 3. The lowest BCUT2D eigenvalue weighted by Crippen LogP contribution is -2.37. The van der Waals surface area contributed by atoms with Crippen molar-refractivity contribution >= 4 is 29.2 Å². The van der Waals surface area contributed by atoms with Crippen LogP contribution in [0.4, 0.5) is 36.4 Å². The van der Waals surface area contributed by atoms with Crippen molar-refractivity contribution in [2.75, 3.05) is 60.7 Å². The monoisotopic (exact) mass is 588 g/mol. The van der Waals surface area contributed by atoms with Gasteiger partial charge in [0.1, 0.15) is 17.4 Å². The van der Waals surface area contributed by atoms with Crippen molar-refractivity contribution in [3.05, 3.63) is 48.2 Å². The average molecular weight is 589 g/mol. The van der Waals surface area contributed by atoms with Crippen molar-refractivity contribution in [1.82, 2.24) is 15.0 Å². The number of aromatic nitrogens is 3. The molecule has 0 radical (unpaired) electrons. The van der Waals surface area contributed by atoms with Crippen LogP contribution in [0.15, 0.2) is 42.6 Å². The maximum atomic E-state index is 10.6. The van der Waals surface area contributed by atoms with Crippen LogP contribution in [0.2, 0.25) is 0 Å². The van der Waals surface area contributed by atoms with Crippen LogP contribution in [0.3, 0.4) is 0 Å². The fraction of sp³-hybridized carbons (Fsp3) is 0.429. The Kier molecular flexibility index (Phi) is 8.64. The molecule has 1 unspecified atom stereocenters. The summed E-state index contributed by atoms with van der Waals surface area (Å²) in [6, 6.07) is 11.5. The molecular weight excluding hydrogens is 557 g/mol. The molecule has 5 heterocycles. The number of aromatic hydroxyl groups is 1. The van der Waals surface area contributed by atoms with Gasteiger partial charge in [0.2, 0.25) is 5.95 Å². The number of hydrogen-bond donors (Lipinski definition) is 3. The summed E-state index contributed by atoms with van der Waals surface area (Å²) in [5.41, 5.74) is 3.87. The Balaban J connectivity index is 0.000000451. The zero-order chi connectivity index (χ0) is 29.9. The zero-order valence-electron chi connectivity index (χ0n) is 22.7. The van der Waals surface area contributed by atoms with E-state index in [0.29, 0.717) is 19.2 Å². The summed E-state index contributed by atoms with van der Waals surface area (Å²) in [5.74, 6) is -0.0558. The number of carboxylic acid groups (broad SMARTS) is 1. The van der Waals surface area contributed by atoms with Gasteiger partial charge in [0.15, 0.2) is 0 Å². The average Bonchev–Trinajstić information content (AvgIpc) is 3.64. The number of phenols is 1. The van der Waals surface area contributed by atoms with E-state index in [-0.39, 0.29) is 18.4 Å². The minimum Gasteiger partial charge on any atom is -0.508 e. The van der Waals surface area contributed by atoms with Crippen molar-refractivity contribution in [2.24, 2.45) is 0 Å². The first-order chi connectivity index (χ1) is 20.2. The Morgan fingerprint density at radius 1 is 1.07 bits per heavy atom. The molecule has 6 rings (SSSR count). The zero-order valence-corrected chi connectivity index (χ0v) is 22.7. The number of ether oxygens (including phenoxy) is 1. The van der Waals surface area contributed by atoms with Gasteiger partial charge in [-0.1, -0.05) is 12.1 Å². The Morgan fingerprint density at radius 2 is 1.83 bits per heavy atom. The van der Waals surface area contributed by atoms with Gasteiger partial charge in [0.05, 0.1) is 31.6 Å². The van der Waals surface area contributed by atoms with Gasteiger partial charge in [-0.2, -0.15) is 18.2 Å². The van der Waals surface area contributed by atoms with Crippen molar-refractivity contribution < 1.29 is 38.0 Å². The van der Waals surface area contributed by atoms with E-state index in [1.54, 1.807) is 12.1 Å². The van der Waals surface area contributed by atoms with Crippen LogP contribution in [0.25, 0.3) is 11.3 Å². The van der Waals surface area contributed by atoms with E-state index in [0.717, 1.165) is 79.6 Å². The third-order valence-corrected chi connectivity index (χ3v) is 7.39. The maximum Gasteiger partial charge on any atom is 0.490 e. The minimum absolute atomic E-state index is 0.122. The van der Waals surface area contributed by atoms with Gasteiger partial charge in [-0.25, -0.2) is 14.8 Å². The van der Waals surface area contributed by atoms with Crippen LogP contribution in [0.5, 0.6) is 5.75 Å². The molecule has 2 aromatic heterocycles. The molecule has 0 aliphatic carbocycles. The van der Waals surface area contributed by atoms with E-state index >= 15 is 0 Å². The summed E-state index contributed by atoms with van der Waals surface area (Å²) in [5, 5.41) is 27.1. The molecule has 0 bridgehead atoms. The lowest BCUT2D eigenvalue weighted by molar-refractivity contribution is -0.192. The highest BCUT2D eigenvalue weighted by Gasteiger charge is 2.38. The second kappa shape index (κ2) is 12.4. The fourth-order valence-corrected chi connectivity index (χ4v) is 5.35. The summed E-state index contributed by atoms with van der Waals surface area (Å²) in [4.78, 5) is 30.2. The quantitative estimate of drug-likeness (QED) is 0.405. The van der Waals surface area contributed by atoms with Gasteiger partial charge in [-0.15, -0.1) is 0 Å². The van der Waals surface area contributed by atoms with Crippen molar-refractivity contribution in [3.63, 3.8) is 0 Å². The Labute approximate surface area is 239 Å². The summed E-state index contributed by atoms with van der Waals surface area (Å²) in [6.45, 7) is 4.63. The van der Waals surface area contributed by atoms with Crippen LogP contribution in [0, 0.1) is 0 Å². The molecule has 1 atom stereocenters. The summed E-state index contributed by atoms with van der Waals surface area (Å²) in [7, 11) is 0. The molecule has 0 spiro atoms. The van der Waals surface area contributed by atoms with Gasteiger partial charge in [0, 0.05) is 55.3 Å². The first-order valence-corrected chi connectivity index (χ1v) is 13.6. The van der Waals surface area contributed by atoms with Gasteiger partial charge in [-0.05, 0) is 37.5 Å². The molecule has 0 amide bonds. The van der Waals surface area contributed by atoms with Gasteiger partial charge in [-0.3, -0.25) is 0 Å². The number of anilines is 4. The number of rotatable bonds is 5. The SMILES string of the molecule is O=C(O)C(F)(F)F.OCC1CCCN1c1cc(N2CCc3c(-c4cccc(O)c4)nc(N4CCOCC4)nc32)ccn1. The molecule has 0 saturated carbocycles. The van der Waals surface area contributed by atoms with Crippen LogP contribution < -0.4 is 14.7 Å². The van der Waals surface area contributed by atoms with Crippen LogP contribution in [-0.2, 0) is 16.0 Å². The van der Waals surface area contributed by atoms with Crippen LogP contribution in [-0.4, -0.2) is 94.5 Å². The number of morpholine rings is 1. The molecule has 224 valence electrons. The Bertz CT molecular complexity index is 1420. The van der Waals surface area contributed by atoms with Crippen molar-refractivity contribution in [1.29, 1.82) is 0 Å². The number of alkyl halides is 3. The number of aliphatic hydroxyl groups is 1. The number of pyridine rings is 1. The molecule has 1 aromatic carbocycles. The third kappa shape index (κ3) is 6.34. The number of phenolic OH excluding ortho intramolecular Hbond substituents is 1. The van der Waals surface area contributed by atoms with E-state index in [1.807, 2.05) is 24.4 Å². The van der Waals surface area contributed by atoms with Gasteiger partial charge in [0.25, 0.3) is 0 Å². The van der Waals surface area contributed by atoms with E-state index in [2.05, 4.69) is 25.8 Å². The number of fused-ring (bicyclic) bond motifs is 1. The standard InChI is InChI=1S/C26H30N6O3.C2HF3O2/c33-17-20-4-2-9-31(20)23-16-19(6-8-27-23)32-10-7-22-24(18-3-1-5-21(34)15-18)28-26(29-25(22)32)30-11-13-35-14-12-30;3-2(4,5)1(6)7/h1,3,5-6,8,15-16,20,33-34H,2,4,7,9-14,17H2;(H,6,7). The third-order valence-electron chi connectivity index (χ3n) is 7.39. The predicted octanol–water partition coefficient (Wildman–Crippen LogP) is 3.37. The van der Waals surface area contributed by atoms with Crippen molar-refractivity contribution in [2.45, 2.75) is 31.5 Å². The molecule has 42 heavy (non-hydrogen) atoms. The second-order valence-corrected chi connectivity index (χ2v) is 10.1. The number of carbonyl (C=O) groups is 1. The van der Waals surface area contributed by atoms with Crippen molar-refractivity contribution in [3.8, 4) is 17.0 Å². The first kappa shape index (κ1) is 29.3. The molecule has 2 fully saturated rings. The molecule has 3 N–H and O–H groups in total. The normalized spacial score (nSPS) is 18.5. The summed E-state index contributed by atoms with van der Waals surface area (Å²) in [6.07, 6.45) is -0.383. The number of hydrogen-bond acceptors (Lipinski definition) is 10. The molecule has 14 heteroatoms. The molecular formula is C28H31F3N6O5. The molecule has 11 nitrogen and oxygen atoms in total.